The summed E-state index contributed by atoms with van der Waals surface area (Å²) in [5, 5.41) is 37.4. The average molecular weight is 658 g/mol. The molecule has 1 heterocycles. The van der Waals surface area contributed by atoms with Gasteiger partial charge in [0.25, 0.3) is 0 Å². The Morgan fingerprint density at radius 3 is 2.27 bits per heavy atom. The Kier molecular flexibility index (Phi) is 9.60. The van der Waals surface area contributed by atoms with Gasteiger partial charge in [-0.2, -0.15) is 0 Å². The van der Waals surface area contributed by atoms with Crippen molar-refractivity contribution in [2.75, 3.05) is 13.1 Å². The molecular weight excluding hydrogens is 596 g/mol. The molecule has 0 unspecified atom stereocenters. The number of hydrogen-bond acceptors (Lipinski definition) is 4. The Bertz CT molecular complexity index is 1390. The number of aliphatic hydroxyl groups excluding tert-OH is 3. The van der Waals surface area contributed by atoms with Gasteiger partial charge in [-0.1, -0.05) is 69.3 Å². The number of likely N-dealkylation sites (tertiary alicyclic amines) is 1. The van der Waals surface area contributed by atoms with E-state index < -0.39 is 0 Å². The molecule has 6 nitrogen and oxygen atoms in total. The number of amides is 1. The number of rotatable bonds is 8. The van der Waals surface area contributed by atoms with Gasteiger partial charge in [0.05, 0.1) is 31.4 Å². The van der Waals surface area contributed by atoms with E-state index in [1.165, 1.54) is 11.3 Å². The third kappa shape index (κ3) is 6.07. The summed E-state index contributed by atoms with van der Waals surface area (Å²) in [5.74, 6) is 2.05. The molecule has 1 aliphatic heterocycles. The summed E-state index contributed by atoms with van der Waals surface area (Å²) in [5.41, 5.74) is 2.57. The van der Waals surface area contributed by atoms with Crippen LogP contribution in [-0.2, 0) is 11.3 Å². The molecule has 4 N–H and O–H groups in total. The molecule has 2 aromatic rings. The second-order valence-corrected chi connectivity index (χ2v) is 17.5. The molecular formula is C42H61N2O4+. The van der Waals surface area contributed by atoms with Gasteiger partial charge >= 0.3 is 0 Å². The Labute approximate surface area is 288 Å². The highest BCUT2D eigenvalue weighted by atomic mass is 16.3. The molecule has 0 bridgehead atoms. The second-order valence-electron chi connectivity index (χ2n) is 17.5. The van der Waals surface area contributed by atoms with Crippen molar-refractivity contribution in [3.05, 3.63) is 66.2 Å². The first-order chi connectivity index (χ1) is 23.0. The molecule has 1 saturated heterocycles. The summed E-state index contributed by atoms with van der Waals surface area (Å²) in [4.78, 5) is 13.4. The van der Waals surface area contributed by atoms with E-state index in [2.05, 4.69) is 86.8 Å². The number of quaternary nitrogens is 1. The number of aliphatic hydroxyl groups is 3. The first-order valence-electron chi connectivity index (χ1n) is 19.3. The average Bonchev–Trinajstić information content (AvgIpc) is 3.45. The molecule has 262 valence electrons. The van der Waals surface area contributed by atoms with Crippen LogP contribution in [0.25, 0.3) is 0 Å². The van der Waals surface area contributed by atoms with E-state index in [1.54, 1.807) is 0 Å². The number of piperidine rings is 1. The lowest BCUT2D eigenvalue weighted by Crippen LogP contribution is -2.62. The van der Waals surface area contributed by atoms with Crippen LogP contribution in [0.3, 0.4) is 0 Å². The smallest absolute Gasteiger partial charge is 0.220 e. The Morgan fingerprint density at radius 2 is 1.56 bits per heavy atom. The van der Waals surface area contributed by atoms with Crippen molar-refractivity contribution in [1.29, 1.82) is 0 Å². The molecule has 1 amide bonds. The lowest BCUT2D eigenvalue weighted by atomic mass is 9.43. The molecule has 48 heavy (non-hydrogen) atoms. The predicted molar refractivity (Wildman–Crippen MR) is 192 cm³/mol. The quantitative estimate of drug-likeness (QED) is 0.234. The third-order valence-electron chi connectivity index (χ3n) is 15.2. The minimum Gasteiger partial charge on any atom is -0.393 e. The molecule has 11 atom stereocenters. The number of fused-ring (bicyclic) bond motifs is 5. The monoisotopic (exact) mass is 657 g/mol. The lowest BCUT2D eigenvalue weighted by Gasteiger charge is -2.63. The zero-order chi connectivity index (χ0) is 33.7. The lowest BCUT2D eigenvalue weighted by molar-refractivity contribution is -0.207. The molecule has 7 rings (SSSR count). The van der Waals surface area contributed by atoms with Crippen LogP contribution in [0, 0.1) is 46.3 Å². The summed E-state index contributed by atoms with van der Waals surface area (Å²) >= 11 is 0. The highest BCUT2D eigenvalue weighted by Crippen LogP contribution is 2.68. The van der Waals surface area contributed by atoms with E-state index in [4.69, 9.17) is 0 Å². The first kappa shape index (κ1) is 34.2. The standard InChI is InChI=1S/C42H60N2O4/c1-28(34-15-16-35-40-36(26-38(47)42(34,35)3)41(2)21-18-33(45)24-30(41)25-37(40)46)14-17-39(48)43-31-19-22-44(23-20-31,32-12-8-5-9-13-32)27-29-10-6-4-7-11-29/h4-13,28,30-31,33-38,40,45-47H,14-27H2,1-3H3/p+1/t28-,30+,31?,33-,34-,35+,36+,37-,38+,40+,41+,42-,44?/m1/s1. The summed E-state index contributed by atoms with van der Waals surface area (Å²) in [6.07, 6.45) is 8.64. The van der Waals surface area contributed by atoms with E-state index in [-0.39, 0.29) is 47.0 Å². The molecule has 0 spiro atoms. The minimum absolute atomic E-state index is 0.0908. The SMILES string of the molecule is C[C@H](CCC(=O)NC1CC[N+](Cc2ccccc2)(c2ccccc2)CC1)[C@H]1CC[C@H]2[C@@H]3[C@H](O)C[C@@H]4C[C@H](O)CC[C@]4(C)[C@H]3C[C@H](O)[C@]12C. The number of para-hydroxylation sites is 1. The molecule has 5 aliphatic rings. The van der Waals surface area contributed by atoms with E-state index in [0.29, 0.717) is 36.0 Å². The molecule has 4 aliphatic carbocycles. The largest absolute Gasteiger partial charge is 0.393 e. The van der Waals surface area contributed by atoms with Gasteiger partial charge in [-0.15, -0.1) is 0 Å². The molecule has 0 aromatic heterocycles. The molecule has 6 heteroatoms. The van der Waals surface area contributed by atoms with Gasteiger partial charge in [0, 0.05) is 30.9 Å². The van der Waals surface area contributed by atoms with E-state index in [0.717, 1.165) is 88.3 Å². The van der Waals surface area contributed by atoms with Crippen LogP contribution >= 0.6 is 0 Å². The Balaban J connectivity index is 0.954. The van der Waals surface area contributed by atoms with Crippen LogP contribution in [0.5, 0.6) is 0 Å². The second kappa shape index (κ2) is 13.5. The number of benzene rings is 2. The van der Waals surface area contributed by atoms with Gasteiger partial charge in [-0.05, 0) is 110 Å². The van der Waals surface area contributed by atoms with Crippen LogP contribution in [0.1, 0.15) is 97.0 Å². The maximum atomic E-state index is 13.4. The van der Waals surface area contributed by atoms with Crippen molar-refractivity contribution < 1.29 is 20.1 Å². The van der Waals surface area contributed by atoms with Crippen molar-refractivity contribution >= 4 is 11.6 Å². The molecule has 0 radical (unpaired) electrons. The van der Waals surface area contributed by atoms with E-state index >= 15 is 0 Å². The normalized spacial score (nSPS) is 43.0. The molecule has 4 saturated carbocycles. The van der Waals surface area contributed by atoms with Crippen LogP contribution in [-0.4, -0.2) is 58.7 Å². The van der Waals surface area contributed by atoms with E-state index in [1.807, 2.05) is 0 Å². The van der Waals surface area contributed by atoms with Crippen LogP contribution in [0.15, 0.2) is 60.7 Å². The van der Waals surface area contributed by atoms with E-state index in [9.17, 15) is 20.1 Å². The summed E-state index contributed by atoms with van der Waals surface area (Å²) in [6.45, 7) is 10.00. The predicted octanol–water partition coefficient (Wildman–Crippen LogP) is 6.85. The molecule has 5 fully saturated rings. The van der Waals surface area contributed by atoms with Crippen molar-refractivity contribution in [3.63, 3.8) is 0 Å². The maximum absolute atomic E-state index is 13.4. The number of carbonyl (C=O) groups is 1. The summed E-state index contributed by atoms with van der Waals surface area (Å²) in [6, 6.07) is 21.9. The van der Waals surface area contributed by atoms with Gasteiger partial charge < -0.3 is 20.6 Å². The fourth-order valence-corrected chi connectivity index (χ4v) is 12.4. The van der Waals surface area contributed by atoms with Crippen molar-refractivity contribution in [2.24, 2.45) is 46.3 Å². The fraction of sp³-hybridized carbons (Fsp3) is 0.690. The van der Waals surface area contributed by atoms with Crippen LogP contribution < -0.4 is 9.80 Å². The third-order valence-corrected chi connectivity index (χ3v) is 15.2. The van der Waals surface area contributed by atoms with Gasteiger partial charge in [-0.3, -0.25) is 9.28 Å². The van der Waals surface area contributed by atoms with Gasteiger partial charge in [0.15, 0.2) is 0 Å². The highest BCUT2D eigenvalue weighted by molar-refractivity contribution is 5.76. The van der Waals surface area contributed by atoms with Crippen molar-refractivity contribution in [3.8, 4) is 0 Å². The number of hydrogen-bond donors (Lipinski definition) is 4. The van der Waals surface area contributed by atoms with Crippen molar-refractivity contribution in [2.45, 2.75) is 122 Å². The maximum Gasteiger partial charge on any atom is 0.220 e. The van der Waals surface area contributed by atoms with Gasteiger partial charge in [-0.25, -0.2) is 0 Å². The molecule has 2 aromatic carbocycles. The van der Waals surface area contributed by atoms with Gasteiger partial charge in [0.2, 0.25) is 5.91 Å². The van der Waals surface area contributed by atoms with Crippen molar-refractivity contribution in [1.82, 2.24) is 9.80 Å². The zero-order valence-corrected chi connectivity index (χ0v) is 29.6. The first-order valence-corrected chi connectivity index (χ1v) is 19.3. The number of nitrogens with one attached hydrogen (secondary N) is 1. The Hall–Kier alpha value is -2.25. The zero-order valence-electron chi connectivity index (χ0n) is 29.6. The number of nitrogens with zero attached hydrogens (tertiary/aromatic N) is 1. The number of carbonyl (C=O) groups excluding carboxylic acids is 1. The Morgan fingerprint density at radius 1 is 0.875 bits per heavy atom. The van der Waals surface area contributed by atoms with Crippen LogP contribution in [0.2, 0.25) is 0 Å². The van der Waals surface area contributed by atoms with Crippen LogP contribution in [0.4, 0.5) is 5.69 Å². The summed E-state index contributed by atoms with van der Waals surface area (Å²) in [7, 11) is 0. The summed E-state index contributed by atoms with van der Waals surface area (Å²) < 4.78 is 0.927. The topological polar surface area (TPSA) is 89.8 Å². The highest BCUT2D eigenvalue weighted by Gasteiger charge is 2.65. The minimum atomic E-state index is -0.386. The van der Waals surface area contributed by atoms with Gasteiger partial charge in [0.1, 0.15) is 12.2 Å². The fourth-order valence-electron chi connectivity index (χ4n) is 12.4.